The molecule has 8 heteroatoms. The molecule has 0 spiro atoms. The van der Waals surface area contributed by atoms with E-state index >= 15 is 0 Å². The summed E-state index contributed by atoms with van der Waals surface area (Å²) in [6, 6.07) is 24.4. The smallest absolute Gasteiger partial charge is 0.341 e. The summed E-state index contributed by atoms with van der Waals surface area (Å²) < 4.78 is 10.6. The molecule has 3 aromatic carbocycles. The Kier molecular flexibility index (Phi) is 8.68. The van der Waals surface area contributed by atoms with Crippen LogP contribution in [0, 0.1) is 6.92 Å². The van der Waals surface area contributed by atoms with Gasteiger partial charge in [-0.05, 0) is 38.5 Å². The molecule has 1 amide bonds. The number of anilines is 1. The van der Waals surface area contributed by atoms with Crippen LogP contribution in [-0.2, 0) is 14.3 Å². The Morgan fingerprint density at radius 3 is 2.13 bits per heavy atom. The van der Waals surface area contributed by atoms with Gasteiger partial charge in [-0.2, -0.15) is 0 Å². The zero-order valence-electron chi connectivity index (χ0n) is 21.7. The zero-order valence-corrected chi connectivity index (χ0v) is 22.5. The van der Waals surface area contributed by atoms with Crippen LogP contribution in [0.3, 0.4) is 0 Å². The van der Waals surface area contributed by atoms with Gasteiger partial charge in [-0.1, -0.05) is 78.4 Å². The minimum atomic E-state index is -1.21. The molecule has 1 aromatic heterocycles. The van der Waals surface area contributed by atoms with E-state index in [4.69, 9.17) is 9.47 Å². The maximum atomic E-state index is 13.1. The number of benzene rings is 3. The lowest BCUT2D eigenvalue weighted by Gasteiger charge is -2.15. The predicted molar refractivity (Wildman–Crippen MR) is 150 cm³/mol. The van der Waals surface area contributed by atoms with Crippen LogP contribution in [0.15, 0.2) is 84.9 Å². The summed E-state index contributed by atoms with van der Waals surface area (Å²) >= 11 is 1.21. The summed E-state index contributed by atoms with van der Waals surface area (Å²) in [7, 11) is 0. The Labute approximate surface area is 230 Å². The topological polar surface area (TPSA) is 98.8 Å². The Morgan fingerprint density at radius 1 is 0.821 bits per heavy atom. The number of aryl methyl sites for hydroxylation is 1. The second kappa shape index (κ2) is 12.3. The normalized spacial score (nSPS) is 11.4. The van der Waals surface area contributed by atoms with Gasteiger partial charge in [0.1, 0.15) is 5.00 Å². The number of carbonyl (C=O) groups is 4. The van der Waals surface area contributed by atoms with Crippen LogP contribution >= 0.6 is 11.3 Å². The molecule has 0 bridgehead atoms. The maximum absolute atomic E-state index is 13.1. The number of hydrogen-bond acceptors (Lipinski definition) is 7. The van der Waals surface area contributed by atoms with Gasteiger partial charge in [0.05, 0.1) is 17.7 Å². The highest BCUT2D eigenvalue weighted by Gasteiger charge is 2.26. The van der Waals surface area contributed by atoms with Crippen LogP contribution in [0.25, 0.3) is 10.4 Å². The van der Waals surface area contributed by atoms with Gasteiger partial charge in [-0.3, -0.25) is 9.59 Å². The lowest BCUT2D eigenvalue weighted by molar-refractivity contribution is -0.123. The molecule has 7 nitrogen and oxygen atoms in total. The number of ether oxygens (including phenoxy) is 2. The Balaban J connectivity index is 1.52. The lowest BCUT2D eigenvalue weighted by atomic mass is 9.98. The van der Waals surface area contributed by atoms with Crippen molar-refractivity contribution in [2.24, 2.45) is 0 Å². The number of amides is 1. The van der Waals surface area contributed by atoms with E-state index in [9.17, 15) is 19.2 Å². The fraction of sp³-hybridized carbons (Fsp3) is 0.161. The first-order valence-electron chi connectivity index (χ1n) is 12.4. The van der Waals surface area contributed by atoms with Crippen molar-refractivity contribution in [1.29, 1.82) is 0 Å². The van der Waals surface area contributed by atoms with Crippen LogP contribution in [0.4, 0.5) is 5.00 Å². The molecule has 0 radical (unpaired) electrons. The van der Waals surface area contributed by atoms with Gasteiger partial charge in [0.2, 0.25) is 0 Å². The van der Waals surface area contributed by atoms with Crippen LogP contribution in [-0.4, -0.2) is 36.3 Å². The highest BCUT2D eigenvalue weighted by Crippen LogP contribution is 2.36. The molecule has 0 saturated heterocycles. The van der Waals surface area contributed by atoms with Crippen molar-refractivity contribution in [3.05, 3.63) is 113 Å². The van der Waals surface area contributed by atoms with Crippen molar-refractivity contribution in [2.75, 3.05) is 11.9 Å². The van der Waals surface area contributed by atoms with E-state index in [0.29, 0.717) is 5.56 Å². The van der Waals surface area contributed by atoms with E-state index < -0.39 is 23.9 Å². The molecule has 39 heavy (non-hydrogen) atoms. The number of hydrogen-bond donors (Lipinski definition) is 1. The largest absolute Gasteiger partial charge is 0.462 e. The van der Waals surface area contributed by atoms with Crippen LogP contribution in [0.2, 0.25) is 0 Å². The van der Waals surface area contributed by atoms with Crippen molar-refractivity contribution in [3.63, 3.8) is 0 Å². The van der Waals surface area contributed by atoms with Gasteiger partial charge in [-0.15, -0.1) is 11.3 Å². The summed E-state index contributed by atoms with van der Waals surface area (Å²) in [5.41, 5.74) is 2.76. The lowest BCUT2D eigenvalue weighted by Crippen LogP contribution is -2.30. The van der Waals surface area contributed by atoms with E-state index in [2.05, 4.69) is 5.32 Å². The molecule has 0 aliphatic heterocycles. The van der Waals surface area contributed by atoms with Gasteiger partial charge in [0, 0.05) is 16.0 Å². The van der Waals surface area contributed by atoms with E-state index in [1.54, 1.807) is 43.3 Å². The van der Waals surface area contributed by atoms with Gasteiger partial charge in [0.15, 0.2) is 11.9 Å². The molecule has 0 saturated carbocycles. The fourth-order valence-corrected chi connectivity index (χ4v) is 4.85. The molecule has 4 aromatic rings. The molecule has 198 valence electrons. The third-order valence-electron chi connectivity index (χ3n) is 5.88. The minimum absolute atomic E-state index is 0.0532. The number of esters is 2. The summed E-state index contributed by atoms with van der Waals surface area (Å²) in [4.78, 5) is 52.5. The fourth-order valence-electron chi connectivity index (χ4n) is 3.80. The average Bonchev–Trinajstić information content (AvgIpc) is 3.37. The highest BCUT2D eigenvalue weighted by atomic mass is 32.1. The molecular weight excluding hydrogens is 514 g/mol. The molecule has 1 atom stereocenters. The summed E-state index contributed by atoms with van der Waals surface area (Å²) in [5.74, 6) is -2.33. The number of nitrogens with one attached hydrogen (secondary N) is 1. The van der Waals surface area contributed by atoms with Gasteiger partial charge in [-0.25, -0.2) is 9.59 Å². The molecule has 0 fully saturated rings. The molecule has 1 heterocycles. The van der Waals surface area contributed by atoms with Crippen LogP contribution < -0.4 is 5.32 Å². The van der Waals surface area contributed by atoms with E-state index in [1.807, 2.05) is 49.4 Å². The van der Waals surface area contributed by atoms with E-state index in [1.165, 1.54) is 24.3 Å². The first-order chi connectivity index (χ1) is 18.8. The molecular formula is C31H27NO6S. The number of thiophene rings is 1. The third-order valence-corrected chi connectivity index (χ3v) is 6.98. The van der Waals surface area contributed by atoms with Gasteiger partial charge in [0.25, 0.3) is 5.91 Å². The van der Waals surface area contributed by atoms with Gasteiger partial charge >= 0.3 is 11.9 Å². The van der Waals surface area contributed by atoms with Gasteiger partial charge < -0.3 is 14.8 Å². The summed E-state index contributed by atoms with van der Waals surface area (Å²) in [6.07, 6.45) is -1.21. The number of carbonyl (C=O) groups excluding carboxylic acids is 4. The van der Waals surface area contributed by atoms with Crippen molar-refractivity contribution in [3.8, 4) is 10.4 Å². The first-order valence-corrected chi connectivity index (χ1v) is 13.2. The van der Waals surface area contributed by atoms with E-state index in [-0.39, 0.29) is 34.1 Å². The predicted octanol–water partition coefficient (Wildman–Crippen LogP) is 6.32. The number of ketones is 1. The van der Waals surface area contributed by atoms with Crippen molar-refractivity contribution in [2.45, 2.75) is 26.9 Å². The second-order valence-corrected chi connectivity index (χ2v) is 9.77. The summed E-state index contributed by atoms with van der Waals surface area (Å²) in [6.45, 7) is 5.22. The quantitative estimate of drug-likeness (QED) is 0.197. The summed E-state index contributed by atoms with van der Waals surface area (Å²) in [5, 5.41) is 2.99. The molecule has 0 aliphatic carbocycles. The SMILES string of the molecule is CCOC(=O)c1cc(-c2ccccc2)sc1NC(=O)[C@H](C)OC(=O)c1ccccc1C(=O)c1ccc(C)cc1. The monoisotopic (exact) mass is 541 g/mol. The second-order valence-electron chi connectivity index (χ2n) is 8.72. The van der Waals surface area contributed by atoms with Crippen molar-refractivity contribution in [1.82, 2.24) is 0 Å². The van der Waals surface area contributed by atoms with Crippen LogP contribution in [0.1, 0.15) is 56.0 Å². The maximum Gasteiger partial charge on any atom is 0.341 e. The minimum Gasteiger partial charge on any atom is -0.462 e. The molecule has 0 unspecified atom stereocenters. The third kappa shape index (κ3) is 6.48. The van der Waals surface area contributed by atoms with E-state index in [0.717, 1.165) is 16.0 Å². The zero-order chi connectivity index (χ0) is 27.9. The first kappa shape index (κ1) is 27.5. The number of rotatable bonds is 9. The molecule has 0 aliphatic rings. The molecule has 4 rings (SSSR count). The van der Waals surface area contributed by atoms with Crippen LogP contribution in [0.5, 0.6) is 0 Å². The molecule has 1 N–H and O–H groups in total. The van der Waals surface area contributed by atoms with Crippen molar-refractivity contribution >= 4 is 40.0 Å². The Morgan fingerprint density at radius 2 is 1.46 bits per heavy atom. The van der Waals surface area contributed by atoms with Crippen molar-refractivity contribution < 1.29 is 28.7 Å². The highest BCUT2D eigenvalue weighted by molar-refractivity contribution is 7.20. The Bertz CT molecular complexity index is 1510. The average molecular weight is 542 g/mol. The standard InChI is InChI=1S/C31H27NO6S/c1-4-37-30(35)25-18-26(21-10-6-5-7-11-21)39-29(25)32-28(34)20(3)38-31(36)24-13-9-8-12-23(24)27(33)22-16-14-19(2)15-17-22/h5-18,20H,4H2,1-3H3,(H,32,34)/t20-/m0/s1. The Hall–Kier alpha value is -4.56.